The lowest BCUT2D eigenvalue weighted by Crippen LogP contribution is -2.45. The number of rotatable bonds is 3. The number of hydrogen-bond acceptors (Lipinski definition) is 3. The van der Waals surface area contributed by atoms with Crippen molar-refractivity contribution in [3.05, 3.63) is 0 Å². The monoisotopic (exact) mass is 334 g/mol. The summed E-state index contributed by atoms with van der Waals surface area (Å²) in [6.07, 6.45) is 6.46. The van der Waals surface area contributed by atoms with Gasteiger partial charge in [-0.25, -0.2) is 4.39 Å². The Bertz CT molecular complexity index is 363. The molecular formula is C15H24ClFN2OS. The number of carbonyl (C=O) groups is 1. The molecule has 2 N–H and O–H groups in total. The van der Waals surface area contributed by atoms with Crippen LogP contribution in [0.25, 0.3) is 0 Å². The van der Waals surface area contributed by atoms with Crippen LogP contribution < -0.4 is 10.6 Å². The van der Waals surface area contributed by atoms with Crippen molar-refractivity contribution in [2.45, 2.75) is 79.7 Å². The van der Waals surface area contributed by atoms with Crippen molar-refractivity contribution >= 4 is 29.3 Å². The molecule has 1 saturated heterocycles. The van der Waals surface area contributed by atoms with E-state index in [1.807, 2.05) is 11.8 Å². The Morgan fingerprint density at radius 1 is 1.24 bits per heavy atom. The van der Waals surface area contributed by atoms with Gasteiger partial charge in [0.1, 0.15) is 11.7 Å². The summed E-state index contributed by atoms with van der Waals surface area (Å²) in [4.78, 5) is 12.2. The van der Waals surface area contributed by atoms with E-state index in [1.54, 1.807) is 0 Å². The standard InChI is InChI=1S/C15H24ClFN2OS/c16-10-4-3-5-11(17)9(10)8-14(20)19-15-18-12-6-1-2-7-13(12)21-15/h9-13,15,18H,1-8H2,(H,19,20). The molecule has 1 aliphatic heterocycles. The van der Waals surface area contributed by atoms with Gasteiger partial charge in [-0.1, -0.05) is 12.8 Å². The molecule has 6 unspecified atom stereocenters. The summed E-state index contributed by atoms with van der Waals surface area (Å²) in [6, 6.07) is 0.526. The second kappa shape index (κ2) is 7.05. The van der Waals surface area contributed by atoms with Crippen LogP contribution in [0.5, 0.6) is 0 Å². The van der Waals surface area contributed by atoms with Crippen molar-refractivity contribution in [2.24, 2.45) is 5.92 Å². The van der Waals surface area contributed by atoms with Crippen LogP contribution in [-0.4, -0.2) is 34.2 Å². The van der Waals surface area contributed by atoms with E-state index in [1.165, 1.54) is 25.7 Å². The van der Waals surface area contributed by atoms with Gasteiger partial charge in [0.2, 0.25) is 5.91 Å². The van der Waals surface area contributed by atoms with Crippen LogP contribution in [-0.2, 0) is 4.79 Å². The number of halogens is 2. The second-order valence-electron chi connectivity index (χ2n) is 6.51. The molecule has 0 spiro atoms. The molecule has 1 heterocycles. The van der Waals surface area contributed by atoms with E-state index in [0.29, 0.717) is 17.7 Å². The van der Waals surface area contributed by atoms with Gasteiger partial charge in [-0.15, -0.1) is 23.4 Å². The largest absolute Gasteiger partial charge is 0.332 e. The predicted molar refractivity (Wildman–Crippen MR) is 85.2 cm³/mol. The molecule has 120 valence electrons. The summed E-state index contributed by atoms with van der Waals surface area (Å²) in [5, 5.41) is 6.92. The summed E-state index contributed by atoms with van der Waals surface area (Å²) >= 11 is 8.01. The minimum Gasteiger partial charge on any atom is -0.332 e. The number of nitrogens with one attached hydrogen (secondary N) is 2. The smallest absolute Gasteiger partial charge is 0.222 e. The molecule has 6 atom stereocenters. The summed E-state index contributed by atoms with van der Waals surface area (Å²) < 4.78 is 13.9. The summed E-state index contributed by atoms with van der Waals surface area (Å²) in [5.74, 6) is -0.395. The molecular weight excluding hydrogens is 311 g/mol. The fourth-order valence-corrected chi connectivity index (χ4v) is 5.68. The van der Waals surface area contributed by atoms with E-state index in [-0.39, 0.29) is 29.1 Å². The zero-order chi connectivity index (χ0) is 14.8. The van der Waals surface area contributed by atoms with Crippen molar-refractivity contribution in [3.63, 3.8) is 0 Å². The first kappa shape index (κ1) is 15.9. The summed E-state index contributed by atoms with van der Waals surface area (Å²) in [7, 11) is 0. The highest BCUT2D eigenvalue weighted by Gasteiger charge is 2.38. The number of alkyl halides is 2. The molecule has 0 aromatic rings. The fraction of sp³-hybridized carbons (Fsp3) is 0.933. The van der Waals surface area contributed by atoms with E-state index in [2.05, 4.69) is 10.6 Å². The van der Waals surface area contributed by atoms with Gasteiger partial charge in [0.15, 0.2) is 0 Å². The van der Waals surface area contributed by atoms with Crippen LogP contribution in [0.15, 0.2) is 0 Å². The van der Waals surface area contributed by atoms with Crippen LogP contribution in [0.1, 0.15) is 51.4 Å². The number of thioether (sulfide) groups is 1. The zero-order valence-electron chi connectivity index (χ0n) is 12.2. The zero-order valence-corrected chi connectivity index (χ0v) is 13.8. The lowest BCUT2D eigenvalue weighted by Gasteiger charge is -2.30. The van der Waals surface area contributed by atoms with Crippen LogP contribution >= 0.6 is 23.4 Å². The van der Waals surface area contributed by atoms with Crippen LogP contribution in [0.2, 0.25) is 0 Å². The van der Waals surface area contributed by atoms with Gasteiger partial charge in [-0.3, -0.25) is 10.1 Å². The minimum atomic E-state index is -0.932. The molecule has 2 saturated carbocycles. The van der Waals surface area contributed by atoms with Crippen molar-refractivity contribution in [1.82, 2.24) is 10.6 Å². The normalized spacial score (nSPS) is 43.3. The van der Waals surface area contributed by atoms with Crippen molar-refractivity contribution in [1.29, 1.82) is 0 Å². The van der Waals surface area contributed by atoms with E-state index in [0.717, 1.165) is 12.8 Å². The molecule has 0 radical (unpaired) electrons. The number of amides is 1. The third-order valence-electron chi connectivity index (χ3n) is 4.98. The molecule has 0 aromatic heterocycles. The molecule has 3 rings (SSSR count). The topological polar surface area (TPSA) is 41.1 Å². The van der Waals surface area contributed by atoms with Crippen molar-refractivity contribution in [3.8, 4) is 0 Å². The highest BCUT2D eigenvalue weighted by Crippen LogP contribution is 2.36. The maximum absolute atomic E-state index is 13.9. The summed E-state index contributed by atoms with van der Waals surface area (Å²) in [6.45, 7) is 0. The second-order valence-corrected chi connectivity index (χ2v) is 8.42. The third-order valence-corrected chi connectivity index (χ3v) is 6.96. The lowest BCUT2D eigenvalue weighted by atomic mass is 9.84. The Morgan fingerprint density at radius 2 is 2.05 bits per heavy atom. The Morgan fingerprint density at radius 3 is 2.81 bits per heavy atom. The molecule has 0 bridgehead atoms. The molecule has 0 aromatic carbocycles. The molecule has 21 heavy (non-hydrogen) atoms. The minimum absolute atomic E-state index is 0.0129. The molecule has 2 aliphatic carbocycles. The van der Waals surface area contributed by atoms with Gasteiger partial charge in [-0.2, -0.15) is 0 Å². The third kappa shape index (κ3) is 3.85. The molecule has 6 heteroatoms. The SMILES string of the molecule is O=C(CC1C(F)CCCC1Cl)NC1NC2CCCCC2S1. The number of carbonyl (C=O) groups excluding carboxylic acids is 1. The molecule has 3 fully saturated rings. The van der Waals surface area contributed by atoms with Gasteiger partial charge in [0.05, 0.1) is 0 Å². The Kier molecular flexibility index (Phi) is 5.33. The fourth-order valence-electron chi connectivity index (χ4n) is 3.77. The first-order chi connectivity index (χ1) is 10.1. The average Bonchev–Trinajstić information content (AvgIpc) is 2.85. The van der Waals surface area contributed by atoms with Gasteiger partial charge in [-0.05, 0) is 32.1 Å². The average molecular weight is 335 g/mol. The first-order valence-corrected chi connectivity index (χ1v) is 9.50. The van der Waals surface area contributed by atoms with E-state index >= 15 is 0 Å². The Labute approximate surface area is 135 Å². The Balaban J connectivity index is 1.48. The highest BCUT2D eigenvalue weighted by atomic mass is 35.5. The molecule has 1 amide bonds. The quantitative estimate of drug-likeness (QED) is 0.779. The highest BCUT2D eigenvalue weighted by molar-refractivity contribution is 8.00. The van der Waals surface area contributed by atoms with Gasteiger partial charge in [0.25, 0.3) is 0 Å². The number of hydrogen-bond donors (Lipinski definition) is 2. The maximum Gasteiger partial charge on any atom is 0.222 e. The Hall–Kier alpha value is -0.0000000000000000555. The van der Waals surface area contributed by atoms with E-state index in [9.17, 15) is 9.18 Å². The summed E-state index contributed by atoms with van der Waals surface area (Å²) in [5.41, 5.74) is -0.0129. The van der Waals surface area contributed by atoms with Crippen LogP contribution in [0.3, 0.4) is 0 Å². The molecule has 3 nitrogen and oxygen atoms in total. The van der Waals surface area contributed by atoms with Gasteiger partial charge in [0, 0.05) is 29.0 Å². The maximum atomic E-state index is 13.9. The van der Waals surface area contributed by atoms with Crippen molar-refractivity contribution < 1.29 is 9.18 Å². The predicted octanol–water partition coefficient (Wildman–Crippen LogP) is 3.17. The first-order valence-electron chi connectivity index (χ1n) is 8.12. The van der Waals surface area contributed by atoms with Gasteiger partial charge < -0.3 is 5.32 Å². The lowest BCUT2D eigenvalue weighted by molar-refractivity contribution is -0.123. The van der Waals surface area contributed by atoms with Gasteiger partial charge >= 0.3 is 0 Å². The molecule has 3 aliphatic rings. The van der Waals surface area contributed by atoms with Crippen LogP contribution in [0, 0.1) is 5.92 Å². The van der Waals surface area contributed by atoms with Crippen LogP contribution in [0.4, 0.5) is 4.39 Å². The van der Waals surface area contributed by atoms with E-state index < -0.39 is 6.17 Å². The van der Waals surface area contributed by atoms with E-state index in [4.69, 9.17) is 11.6 Å². The number of fused-ring (bicyclic) bond motifs is 1. The van der Waals surface area contributed by atoms with Crippen molar-refractivity contribution in [2.75, 3.05) is 0 Å².